The van der Waals surface area contributed by atoms with Gasteiger partial charge in [-0.1, -0.05) is 78.9 Å². The number of ether oxygens (including phenoxy) is 1. The van der Waals surface area contributed by atoms with Gasteiger partial charge in [0, 0.05) is 19.0 Å². The molecule has 0 spiro atoms. The molecule has 3 aromatic carbocycles. The first kappa shape index (κ1) is 24.9. The summed E-state index contributed by atoms with van der Waals surface area (Å²) in [6.07, 6.45) is -1.49. The molecule has 0 aromatic heterocycles. The number of carboxylic acids is 1. The van der Waals surface area contributed by atoms with Gasteiger partial charge in [0.15, 0.2) is 0 Å². The topological polar surface area (TPSA) is 116 Å². The van der Waals surface area contributed by atoms with Gasteiger partial charge in [-0.2, -0.15) is 0 Å². The van der Waals surface area contributed by atoms with Crippen molar-refractivity contribution in [3.8, 4) is 11.1 Å². The summed E-state index contributed by atoms with van der Waals surface area (Å²) >= 11 is 0. The molecule has 1 aliphatic rings. The van der Waals surface area contributed by atoms with Gasteiger partial charge in [0.05, 0.1) is 13.0 Å². The molecule has 0 saturated heterocycles. The lowest BCUT2D eigenvalue weighted by Crippen LogP contribution is -2.50. The van der Waals surface area contributed by atoms with Gasteiger partial charge >= 0.3 is 12.1 Å². The maximum Gasteiger partial charge on any atom is 0.407 e. The minimum absolute atomic E-state index is 0.00375. The van der Waals surface area contributed by atoms with Gasteiger partial charge in [0.2, 0.25) is 5.91 Å². The Morgan fingerprint density at radius 3 is 2.06 bits per heavy atom. The van der Waals surface area contributed by atoms with Crippen LogP contribution in [0.15, 0.2) is 78.9 Å². The van der Waals surface area contributed by atoms with Gasteiger partial charge < -0.3 is 25.2 Å². The van der Waals surface area contributed by atoms with Crippen molar-refractivity contribution in [2.45, 2.75) is 24.9 Å². The van der Waals surface area contributed by atoms with Crippen molar-refractivity contribution >= 4 is 18.0 Å². The molecule has 186 valence electrons. The normalized spacial score (nSPS) is 12.8. The number of hydrogen-bond acceptors (Lipinski definition) is 5. The van der Waals surface area contributed by atoms with Crippen LogP contribution in [0.1, 0.15) is 29.0 Å². The Morgan fingerprint density at radius 1 is 0.889 bits per heavy atom. The van der Waals surface area contributed by atoms with Crippen molar-refractivity contribution in [1.82, 2.24) is 10.2 Å². The number of amides is 2. The Balaban J connectivity index is 1.45. The van der Waals surface area contributed by atoms with Gasteiger partial charge in [0.25, 0.3) is 0 Å². The van der Waals surface area contributed by atoms with E-state index in [-0.39, 0.29) is 32.2 Å². The predicted octanol–water partition coefficient (Wildman–Crippen LogP) is 3.39. The van der Waals surface area contributed by atoms with E-state index in [0.29, 0.717) is 0 Å². The number of alkyl carbamates (subject to hydrolysis) is 1. The summed E-state index contributed by atoms with van der Waals surface area (Å²) in [6.45, 7) is -0.0968. The molecule has 3 aromatic rings. The standard InChI is InChI=1S/C28H28N2O6/c31-15-14-30(17-19-8-2-1-3-9-19)27(34)25(16-26(32)33)29-28(35)36-18-24-22-12-6-4-10-20(22)21-11-5-7-13-23(21)24/h1-13,24-25,31H,14-18H2,(H,29,35)(H,32,33). The lowest BCUT2D eigenvalue weighted by atomic mass is 9.98. The summed E-state index contributed by atoms with van der Waals surface area (Å²) < 4.78 is 5.50. The monoisotopic (exact) mass is 488 g/mol. The maximum absolute atomic E-state index is 13.2. The summed E-state index contributed by atoms with van der Waals surface area (Å²) in [7, 11) is 0. The summed E-state index contributed by atoms with van der Waals surface area (Å²) in [5, 5.41) is 21.2. The number of benzene rings is 3. The van der Waals surface area contributed by atoms with Crippen LogP contribution in [0.3, 0.4) is 0 Å². The largest absolute Gasteiger partial charge is 0.481 e. The van der Waals surface area contributed by atoms with Gasteiger partial charge in [-0.3, -0.25) is 9.59 Å². The number of hydrogen-bond donors (Lipinski definition) is 3. The number of nitrogens with one attached hydrogen (secondary N) is 1. The molecule has 1 unspecified atom stereocenters. The fourth-order valence-corrected chi connectivity index (χ4v) is 4.57. The third-order valence-corrected chi connectivity index (χ3v) is 6.21. The Labute approximate surface area is 209 Å². The molecule has 8 heteroatoms. The Bertz CT molecular complexity index is 1180. The van der Waals surface area contributed by atoms with Crippen LogP contribution in [0, 0.1) is 0 Å². The van der Waals surface area contributed by atoms with E-state index in [1.807, 2.05) is 78.9 Å². The molecule has 0 aliphatic heterocycles. The number of carbonyl (C=O) groups excluding carboxylic acids is 2. The number of fused-ring (bicyclic) bond motifs is 3. The minimum Gasteiger partial charge on any atom is -0.481 e. The fourth-order valence-electron chi connectivity index (χ4n) is 4.57. The lowest BCUT2D eigenvalue weighted by Gasteiger charge is -2.27. The number of aliphatic hydroxyl groups is 1. The average molecular weight is 489 g/mol. The smallest absolute Gasteiger partial charge is 0.407 e. The molecular formula is C28H28N2O6. The van der Waals surface area contributed by atoms with Crippen molar-refractivity contribution in [1.29, 1.82) is 0 Å². The zero-order valence-corrected chi connectivity index (χ0v) is 19.7. The van der Waals surface area contributed by atoms with Crippen LogP contribution in [0.4, 0.5) is 4.79 Å². The van der Waals surface area contributed by atoms with Crippen LogP contribution in [0.5, 0.6) is 0 Å². The first-order valence-corrected chi connectivity index (χ1v) is 11.7. The minimum atomic E-state index is -1.34. The molecule has 0 fully saturated rings. The number of carbonyl (C=O) groups is 3. The molecule has 1 aliphatic carbocycles. The van der Waals surface area contributed by atoms with E-state index < -0.39 is 30.4 Å². The number of rotatable bonds is 10. The highest BCUT2D eigenvalue weighted by Gasteiger charge is 2.31. The Morgan fingerprint density at radius 2 is 1.47 bits per heavy atom. The van der Waals surface area contributed by atoms with Crippen LogP contribution in [-0.4, -0.2) is 58.9 Å². The number of nitrogens with zero attached hydrogens (tertiary/aromatic N) is 1. The molecule has 36 heavy (non-hydrogen) atoms. The van der Waals surface area contributed by atoms with Crippen LogP contribution in [0.2, 0.25) is 0 Å². The van der Waals surface area contributed by atoms with Gasteiger partial charge in [-0.25, -0.2) is 4.79 Å². The second-order valence-corrected chi connectivity index (χ2v) is 8.59. The SMILES string of the molecule is O=C(O)CC(NC(=O)OCC1c2ccccc2-c2ccccc21)C(=O)N(CCO)Cc1ccccc1. The van der Waals surface area contributed by atoms with Gasteiger partial charge in [0.1, 0.15) is 12.6 Å². The fraction of sp³-hybridized carbons (Fsp3) is 0.250. The zero-order valence-electron chi connectivity index (χ0n) is 19.7. The van der Waals surface area contributed by atoms with E-state index in [1.54, 1.807) is 0 Å². The van der Waals surface area contributed by atoms with Crippen molar-refractivity contribution < 1.29 is 29.3 Å². The van der Waals surface area contributed by atoms with Gasteiger partial charge in [-0.05, 0) is 27.8 Å². The second kappa shape index (κ2) is 11.5. The molecule has 8 nitrogen and oxygen atoms in total. The third-order valence-electron chi connectivity index (χ3n) is 6.21. The summed E-state index contributed by atoms with van der Waals surface area (Å²) in [4.78, 5) is 38.7. The van der Waals surface area contributed by atoms with E-state index in [2.05, 4.69) is 5.32 Å². The van der Waals surface area contributed by atoms with Gasteiger partial charge in [-0.15, -0.1) is 0 Å². The number of carboxylic acid groups (broad SMARTS) is 1. The molecule has 3 N–H and O–H groups in total. The Kier molecular flexibility index (Phi) is 7.97. The summed E-state index contributed by atoms with van der Waals surface area (Å²) in [5.74, 6) is -2.01. The lowest BCUT2D eigenvalue weighted by molar-refractivity contribution is -0.143. The molecule has 2 amide bonds. The van der Waals surface area contributed by atoms with Crippen molar-refractivity contribution in [2.24, 2.45) is 0 Å². The maximum atomic E-state index is 13.2. The van der Waals surface area contributed by atoms with E-state index in [1.165, 1.54) is 4.90 Å². The molecule has 0 bridgehead atoms. The molecule has 0 radical (unpaired) electrons. The summed E-state index contributed by atoms with van der Waals surface area (Å²) in [5.41, 5.74) is 5.07. The predicted molar refractivity (Wildman–Crippen MR) is 133 cm³/mol. The average Bonchev–Trinajstić information content (AvgIpc) is 3.20. The molecule has 0 saturated carbocycles. The molecule has 1 atom stereocenters. The van der Waals surface area contributed by atoms with Crippen LogP contribution < -0.4 is 5.32 Å². The van der Waals surface area contributed by atoms with Crippen LogP contribution in [0.25, 0.3) is 11.1 Å². The molecule has 0 heterocycles. The van der Waals surface area contributed by atoms with E-state index in [4.69, 9.17) is 4.74 Å². The van der Waals surface area contributed by atoms with Crippen molar-refractivity contribution in [3.63, 3.8) is 0 Å². The summed E-state index contributed by atoms with van der Waals surface area (Å²) in [6, 6.07) is 23.6. The first-order valence-electron chi connectivity index (χ1n) is 11.7. The van der Waals surface area contributed by atoms with E-state index >= 15 is 0 Å². The number of aliphatic carboxylic acids is 1. The zero-order chi connectivity index (χ0) is 25.5. The van der Waals surface area contributed by atoms with Crippen molar-refractivity contribution in [3.05, 3.63) is 95.6 Å². The molecule has 4 rings (SSSR count). The van der Waals surface area contributed by atoms with Crippen LogP contribution in [-0.2, 0) is 20.9 Å². The van der Waals surface area contributed by atoms with Crippen molar-refractivity contribution in [2.75, 3.05) is 19.8 Å². The Hall–Kier alpha value is -4.17. The first-order chi connectivity index (χ1) is 17.5. The third kappa shape index (κ3) is 5.72. The second-order valence-electron chi connectivity index (χ2n) is 8.59. The highest BCUT2D eigenvalue weighted by atomic mass is 16.5. The number of aliphatic hydroxyl groups excluding tert-OH is 1. The van der Waals surface area contributed by atoms with Crippen LogP contribution >= 0.6 is 0 Å². The quantitative estimate of drug-likeness (QED) is 0.403. The highest BCUT2D eigenvalue weighted by molar-refractivity contribution is 5.89. The van der Waals surface area contributed by atoms with E-state index in [0.717, 1.165) is 27.8 Å². The highest BCUT2D eigenvalue weighted by Crippen LogP contribution is 2.44. The molecular weight excluding hydrogens is 460 g/mol. The van der Waals surface area contributed by atoms with E-state index in [9.17, 15) is 24.6 Å².